The number of anilines is 2. The first kappa shape index (κ1) is 21.9. The molecule has 0 aliphatic carbocycles. The molecule has 178 valence electrons. The number of fused-ring (bicyclic) bond motifs is 1. The Kier molecular flexibility index (Phi) is 5.86. The molecule has 0 spiro atoms. The van der Waals surface area contributed by atoms with Crippen molar-refractivity contribution in [1.82, 2.24) is 30.5 Å². The lowest BCUT2D eigenvalue weighted by atomic mass is 10.1. The van der Waals surface area contributed by atoms with Crippen LogP contribution in [0.2, 0.25) is 0 Å². The Morgan fingerprint density at radius 1 is 1.26 bits per heavy atom. The number of hydrogen-bond acceptors (Lipinski definition) is 9. The van der Waals surface area contributed by atoms with Gasteiger partial charge in [0.15, 0.2) is 11.6 Å². The second-order valence-electron chi connectivity index (χ2n) is 7.86. The third kappa shape index (κ3) is 4.30. The largest absolute Gasteiger partial charge is 0.394 e. The number of halogens is 2. The first-order valence-electron chi connectivity index (χ1n) is 10.7. The highest BCUT2D eigenvalue weighted by molar-refractivity contribution is 5.95. The van der Waals surface area contributed by atoms with Crippen LogP contribution in [-0.4, -0.2) is 63.4 Å². The predicted octanol–water partition coefficient (Wildman–Crippen LogP) is 0.464. The molecule has 0 radical (unpaired) electrons. The number of hydrogen-bond donors (Lipinski definition) is 4. The van der Waals surface area contributed by atoms with E-state index in [1.54, 1.807) is 45.8 Å². The van der Waals surface area contributed by atoms with Crippen molar-refractivity contribution in [3.63, 3.8) is 0 Å². The van der Waals surface area contributed by atoms with Crippen molar-refractivity contribution in [3.05, 3.63) is 65.5 Å². The maximum absolute atomic E-state index is 14.7. The van der Waals surface area contributed by atoms with E-state index in [9.17, 15) is 13.6 Å². The number of amides is 1. The van der Waals surface area contributed by atoms with Crippen LogP contribution in [0.25, 0.3) is 0 Å². The number of nitrogens with zero attached hydrogens (tertiary/aromatic N) is 6. The van der Waals surface area contributed by atoms with E-state index in [0.29, 0.717) is 42.4 Å². The summed E-state index contributed by atoms with van der Waals surface area (Å²) in [5.74, 6) is -2.17. The third-order valence-electron chi connectivity index (χ3n) is 5.53. The lowest BCUT2D eigenvalue weighted by Gasteiger charge is -2.29. The number of rotatable bonds is 7. The Morgan fingerprint density at radius 3 is 2.97 bits per heavy atom. The molecule has 3 aliphatic heterocycles. The van der Waals surface area contributed by atoms with Gasteiger partial charge in [0.05, 0.1) is 44.3 Å². The van der Waals surface area contributed by atoms with Gasteiger partial charge in [0, 0.05) is 42.8 Å². The molecule has 1 aromatic carbocycles. The van der Waals surface area contributed by atoms with Gasteiger partial charge in [-0.2, -0.15) is 5.10 Å². The van der Waals surface area contributed by atoms with Crippen LogP contribution in [0.15, 0.2) is 53.3 Å². The molecular formula is C21H23F2N9O2. The standard InChI is InChI=1S/C21H23F2N9O2/c22-17-6-16(31-2-1-24-9-20(31)34)5-14(21(17)23)10-32-19-12-30(13-25-18(19)8-27-32)28-15-7-26-29(11-15)3-4-33/h5-8,11-13,24,27-28,33H,1-4,9-10H2. The summed E-state index contributed by atoms with van der Waals surface area (Å²) in [5, 5.41) is 19.4. The van der Waals surface area contributed by atoms with Crippen LogP contribution in [0.1, 0.15) is 5.56 Å². The van der Waals surface area contributed by atoms with E-state index < -0.39 is 11.6 Å². The van der Waals surface area contributed by atoms with Crippen LogP contribution in [0.4, 0.5) is 20.2 Å². The summed E-state index contributed by atoms with van der Waals surface area (Å²) in [6, 6.07) is 2.55. The molecular weight excluding hydrogens is 448 g/mol. The SMILES string of the molecule is O=C1CNCCN1c1cc(F)c(F)c(CN2NC=C3N=CN(Nc4cnn(CCO)c4)C=C32)c1. The Morgan fingerprint density at radius 2 is 2.15 bits per heavy atom. The Hall–Kier alpha value is -3.97. The average molecular weight is 471 g/mol. The van der Waals surface area contributed by atoms with E-state index in [1.807, 2.05) is 0 Å². The van der Waals surface area contributed by atoms with Crippen LogP contribution in [0, 0.1) is 11.6 Å². The third-order valence-corrected chi connectivity index (χ3v) is 5.53. The molecule has 3 aliphatic rings. The van der Waals surface area contributed by atoms with E-state index in [2.05, 4.69) is 26.3 Å². The fraction of sp³-hybridized carbons (Fsp3) is 0.286. The van der Waals surface area contributed by atoms with Gasteiger partial charge in [-0.15, -0.1) is 0 Å². The molecule has 5 rings (SSSR count). The Labute approximate surface area is 193 Å². The summed E-state index contributed by atoms with van der Waals surface area (Å²) in [7, 11) is 0. The predicted molar refractivity (Wildman–Crippen MR) is 120 cm³/mol. The second-order valence-corrected chi connectivity index (χ2v) is 7.86. The zero-order valence-corrected chi connectivity index (χ0v) is 18.1. The molecule has 0 bridgehead atoms. The lowest BCUT2D eigenvalue weighted by molar-refractivity contribution is -0.118. The van der Waals surface area contributed by atoms with Gasteiger partial charge in [-0.1, -0.05) is 0 Å². The molecule has 11 nitrogen and oxygen atoms in total. The van der Waals surface area contributed by atoms with E-state index in [0.717, 1.165) is 6.07 Å². The van der Waals surface area contributed by atoms with E-state index in [-0.39, 0.29) is 31.2 Å². The van der Waals surface area contributed by atoms with Gasteiger partial charge in [0.2, 0.25) is 5.91 Å². The zero-order chi connectivity index (χ0) is 23.7. The molecule has 1 aromatic heterocycles. The molecule has 1 amide bonds. The first-order chi connectivity index (χ1) is 16.5. The van der Waals surface area contributed by atoms with Crippen molar-refractivity contribution >= 4 is 23.6 Å². The molecule has 0 atom stereocenters. The number of piperazine rings is 1. The molecule has 4 heterocycles. The number of nitrogens with one attached hydrogen (secondary N) is 3. The minimum atomic E-state index is -1.01. The number of hydrazine groups is 2. The summed E-state index contributed by atoms with van der Waals surface area (Å²) in [6.07, 6.45) is 8.33. The number of aliphatic imine (C=N–C) groups is 1. The van der Waals surface area contributed by atoms with E-state index in [4.69, 9.17) is 5.11 Å². The van der Waals surface area contributed by atoms with Crippen molar-refractivity contribution in [1.29, 1.82) is 0 Å². The number of carbonyl (C=O) groups excluding carboxylic acids is 1. The van der Waals surface area contributed by atoms with Crippen LogP contribution in [0.3, 0.4) is 0 Å². The zero-order valence-electron chi connectivity index (χ0n) is 18.1. The van der Waals surface area contributed by atoms with Crippen LogP contribution in [-0.2, 0) is 17.9 Å². The molecule has 2 aromatic rings. The smallest absolute Gasteiger partial charge is 0.240 e. The van der Waals surface area contributed by atoms with Crippen molar-refractivity contribution < 1.29 is 18.7 Å². The molecule has 1 fully saturated rings. The first-order valence-corrected chi connectivity index (χ1v) is 10.7. The Bertz CT molecular complexity index is 1190. The van der Waals surface area contributed by atoms with Crippen LogP contribution < -0.4 is 21.1 Å². The summed E-state index contributed by atoms with van der Waals surface area (Å²) in [4.78, 5) is 18.1. The van der Waals surface area contributed by atoms with Gasteiger partial charge in [0.25, 0.3) is 0 Å². The monoisotopic (exact) mass is 471 g/mol. The van der Waals surface area contributed by atoms with Gasteiger partial charge in [0.1, 0.15) is 17.7 Å². The molecule has 34 heavy (non-hydrogen) atoms. The topological polar surface area (TPSA) is 113 Å². The summed E-state index contributed by atoms with van der Waals surface area (Å²) >= 11 is 0. The highest BCUT2D eigenvalue weighted by atomic mass is 19.2. The number of benzene rings is 1. The van der Waals surface area contributed by atoms with Crippen molar-refractivity contribution in [2.75, 3.05) is 36.6 Å². The van der Waals surface area contributed by atoms with Crippen LogP contribution in [0.5, 0.6) is 0 Å². The average Bonchev–Trinajstić information content (AvgIpc) is 3.44. The van der Waals surface area contributed by atoms with Gasteiger partial charge in [-0.05, 0) is 6.07 Å². The van der Waals surface area contributed by atoms with Gasteiger partial charge < -0.3 is 20.7 Å². The number of aromatic nitrogens is 2. The van der Waals surface area contributed by atoms with Gasteiger partial charge in [-0.3, -0.25) is 19.9 Å². The Balaban J connectivity index is 1.34. The van der Waals surface area contributed by atoms with E-state index >= 15 is 0 Å². The highest BCUT2D eigenvalue weighted by Gasteiger charge is 2.27. The van der Waals surface area contributed by atoms with Crippen molar-refractivity contribution in [3.8, 4) is 0 Å². The van der Waals surface area contributed by atoms with Crippen molar-refractivity contribution in [2.24, 2.45) is 4.99 Å². The quantitative estimate of drug-likeness (QED) is 0.461. The molecule has 0 unspecified atom stereocenters. The van der Waals surface area contributed by atoms with Crippen molar-refractivity contribution in [2.45, 2.75) is 13.1 Å². The van der Waals surface area contributed by atoms with E-state index in [1.165, 1.54) is 11.0 Å². The fourth-order valence-corrected chi connectivity index (χ4v) is 3.89. The highest BCUT2D eigenvalue weighted by Crippen LogP contribution is 2.29. The summed E-state index contributed by atoms with van der Waals surface area (Å²) < 4.78 is 30.7. The molecule has 0 saturated carbocycles. The lowest BCUT2D eigenvalue weighted by Crippen LogP contribution is -2.48. The normalized spacial score (nSPS) is 17.5. The fourth-order valence-electron chi connectivity index (χ4n) is 3.89. The number of aliphatic hydroxyl groups excluding tert-OH is 1. The molecule has 1 saturated heterocycles. The molecule has 13 heteroatoms. The number of carbonyl (C=O) groups is 1. The summed E-state index contributed by atoms with van der Waals surface area (Å²) in [5.41, 5.74) is 8.51. The minimum absolute atomic E-state index is 0.000496. The minimum Gasteiger partial charge on any atom is -0.394 e. The molecule has 4 N–H and O–H groups in total. The maximum Gasteiger partial charge on any atom is 0.240 e. The van der Waals surface area contributed by atoms with Gasteiger partial charge >= 0.3 is 0 Å². The van der Waals surface area contributed by atoms with Crippen LogP contribution >= 0.6 is 0 Å². The number of aliphatic hydroxyl groups is 1. The summed E-state index contributed by atoms with van der Waals surface area (Å²) in [6.45, 7) is 1.47. The second kappa shape index (κ2) is 9.11. The maximum atomic E-state index is 14.7. The van der Waals surface area contributed by atoms with Gasteiger partial charge in [-0.25, -0.2) is 18.8 Å².